The summed E-state index contributed by atoms with van der Waals surface area (Å²) < 4.78 is 0. The van der Waals surface area contributed by atoms with E-state index in [0.717, 1.165) is 12.8 Å². The van der Waals surface area contributed by atoms with E-state index in [-0.39, 0.29) is 11.8 Å². The molecule has 6 heteroatoms. The van der Waals surface area contributed by atoms with Gasteiger partial charge < -0.3 is 9.80 Å². The highest BCUT2D eigenvalue weighted by Crippen LogP contribution is 2.11. The summed E-state index contributed by atoms with van der Waals surface area (Å²) in [5, 5.41) is 0. The summed E-state index contributed by atoms with van der Waals surface area (Å²) in [7, 11) is 0. The Kier molecular flexibility index (Phi) is 5.94. The quantitative estimate of drug-likeness (QED) is 0.845. The number of carbonyl (C=O) groups excluding carboxylic acids is 2. The van der Waals surface area contributed by atoms with Crippen LogP contribution in [-0.2, 0) is 11.2 Å². The standard InChI is InChI=1S/C20H24N4O2/c1-16-3-5-17(6-4-16)7-8-19(25)23-11-2-12-24(14-13-23)20(26)18-15-21-9-10-22-18/h3-6,9-10,15H,2,7-8,11-14H2,1H3. The van der Waals surface area contributed by atoms with Crippen molar-refractivity contribution < 1.29 is 9.59 Å². The van der Waals surface area contributed by atoms with E-state index < -0.39 is 0 Å². The van der Waals surface area contributed by atoms with Gasteiger partial charge in [0.15, 0.2) is 0 Å². The maximum absolute atomic E-state index is 12.5. The molecule has 1 aliphatic heterocycles. The van der Waals surface area contributed by atoms with E-state index in [1.54, 1.807) is 11.1 Å². The largest absolute Gasteiger partial charge is 0.341 e. The highest BCUT2D eigenvalue weighted by atomic mass is 16.2. The molecule has 2 heterocycles. The molecule has 0 atom stereocenters. The summed E-state index contributed by atoms with van der Waals surface area (Å²) in [5.74, 6) is 0.0337. The van der Waals surface area contributed by atoms with Gasteiger partial charge >= 0.3 is 0 Å². The van der Waals surface area contributed by atoms with E-state index in [2.05, 4.69) is 41.2 Å². The van der Waals surface area contributed by atoms with Gasteiger partial charge in [-0.05, 0) is 25.3 Å². The molecule has 0 N–H and O–H groups in total. The van der Waals surface area contributed by atoms with Gasteiger partial charge in [0, 0.05) is 45.0 Å². The summed E-state index contributed by atoms with van der Waals surface area (Å²) in [6, 6.07) is 8.29. The molecule has 0 unspecified atom stereocenters. The van der Waals surface area contributed by atoms with Gasteiger partial charge in [-0.25, -0.2) is 4.98 Å². The molecule has 2 aromatic rings. The number of carbonyl (C=O) groups is 2. The lowest BCUT2D eigenvalue weighted by Gasteiger charge is -2.22. The number of amides is 2. The van der Waals surface area contributed by atoms with E-state index in [9.17, 15) is 9.59 Å². The van der Waals surface area contributed by atoms with E-state index in [1.807, 2.05) is 4.90 Å². The topological polar surface area (TPSA) is 66.4 Å². The zero-order valence-electron chi connectivity index (χ0n) is 15.1. The Hall–Kier alpha value is -2.76. The van der Waals surface area contributed by atoms with Gasteiger partial charge in [0.05, 0.1) is 6.20 Å². The van der Waals surface area contributed by atoms with Crippen LogP contribution in [-0.4, -0.2) is 57.8 Å². The third-order valence-corrected chi connectivity index (χ3v) is 4.67. The molecule has 1 saturated heterocycles. The zero-order chi connectivity index (χ0) is 18.4. The van der Waals surface area contributed by atoms with E-state index in [0.29, 0.717) is 38.3 Å². The molecule has 3 rings (SSSR count). The lowest BCUT2D eigenvalue weighted by atomic mass is 10.1. The fourth-order valence-corrected chi connectivity index (χ4v) is 3.11. The molecule has 6 nitrogen and oxygen atoms in total. The number of hydrogen-bond donors (Lipinski definition) is 0. The number of hydrogen-bond acceptors (Lipinski definition) is 4. The number of nitrogens with zero attached hydrogens (tertiary/aromatic N) is 4. The molecule has 2 amide bonds. The Balaban J connectivity index is 1.52. The van der Waals surface area contributed by atoms with E-state index >= 15 is 0 Å². The van der Waals surface area contributed by atoms with Crippen molar-refractivity contribution in [3.63, 3.8) is 0 Å². The van der Waals surface area contributed by atoms with Crippen LogP contribution in [0.3, 0.4) is 0 Å². The highest BCUT2D eigenvalue weighted by molar-refractivity contribution is 5.92. The van der Waals surface area contributed by atoms with Gasteiger partial charge in [-0.3, -0.25) is 14.6 Å². The molecule has 136 valence electrons. The molecule has 26 heavy (non-hydrogen) atoms. The van der Waals surface area contributed by atoms with Gasteiger partial charge in [0.1, 0.15) is 5.69 Å². The van der Waals surface area contributed by atoms with Crippen LogP contribution in [0.2, 0.25) is 0 Å². The molecule has 1 aromatic heterocycles. The van der Waals surface area contributed by atoms with E-state index in [1.165, 1.54) is 23.5 Å². The maximum atomic E-state index is 12.5. The highest BCUT2D eigenvalue weighted by Gasteiger charge is 2.23. The van der Waals surface area contributed by atoms with Gasteiger partial charge in [-0.1, -0.05) is 29.8 Å². The first kappa shape index (κ1) is 18.0. The van der Waals surface area contributed by atoms with Crippen LogP contribution in [0, 0.1) is 6.92 Å². The van der Waals surface area contributed by atoms with Crippen LogP contribution in [0.15, 0.2) is 42.9 Å². The van der Waals surface area contributed by atoms with Crippen LogP contribution in [0.5, 0.6) is 0 Å². The number of benzene rings is 1. The summed E-state index contributed by atoms with van der Waals surface area (Å²) in [6.45, 7) is 4.48. The SMILES string of the molecule is Cc1ccc(CCC(=O)N2CCCN(C(=O)c3cnccn3)CC2)cc1. The van der Waals surface area contributed by atoms with Crippen LogP contribution in [0.4, 0.5) is 0 Å². The normalized spacial score (nSPS) is 14.8. The predicted molar refractivity (Wildman–Crippen MR) is 98.6 cm³/mol. The average Bonchev–Trinajstić information content (AvgIpc) is 2.94. The molecule has 0 radical (unpaired) electrons. The second-order valence-corrected chi connectivity index (χ2v) is 6.60. The lowest BCUT2D eigenvalue weighted by Crippen LogP contribution is -2.37. The van der Waals surface area contributed by atoms with E-state index in [4.69, 9.17) is 0 Å². The van der Waals surface area contributed by atoms with Crippen LogP contribution < -0.4 is 0 Å². The van der Waals surface area contributed by atoms with Crippen molar-refractivity contribution in [3.05, 3.63) is 59.7 Å². The fourth-order valence-electron chi connectivity index (χ4n) is 3.11. The monoisotopic (exact) mass is 352 g/mol. The first-order valence-corrected chi connectivity index (χ1v) is 9.02. The third kappa shape index (κ3) is 4.65. The first-order valence-electron chi connectivity index (χ1n) is 9.02. The summed E-state index contributed by atoms with van der Waals surface area (Å²) >= 11 is 0. The summed E-state index contributed by atoms with van der Waals surface area (Å²) in [5.41, 5.74) is 2.75. The van der Waals surface area contributed by atoms with Crippen molar-refractivity contribution >= 4 is 11.8 Å². The molecule has 0 bridgehead atoms. The first-order chi connectivity index (χ1) is 12.6. The molecule has 1 aliphatic rings. The minimum Gasteiger partial charge on any atom is -0.341 e. The lowest BCUT2D eigenvalue weighted by molar-refractivity contribution is -0.131. The van der Waals surface area contributed by atoms with Crippen molar-refractivity contribution in [1.82, 2.24) is 19.8 Å². The Morgan fingerprint density at radius 1 is 1.00 bits per heavy atom. The van der Waals surface area contributed by atoms with Crippen molar-refractivity contribution in [3.8, 4) is 0 Å². The number of aryl methyl sites for hydroxylation is 2. The van der Waals surface area contributed by atoms with Crippen LogP contribution in [0.25, 0.3) is 0 Å². The zero-order valence-corrected chi connectivity index (χ0v) is 15.1. The van der Waals surface area contributed by atoms with Gasteiger partial charge in [0.2, 0.25) is 5.91 Å². The Bertz CT molecular complexity index is 746. The van der Waals surface area contributed by atoms with Gasteiger partial charge in [0.25, 0.3) is 5.91 Å². The second kappa shape index (κ2) is 8.56. The second-order valence-electron chi connectivity index (χ2n) is 6.60. The van der Waals surface area contributed by atoms with Gasteiger partial charge in [-0.2, -0.15) is 0 Å². The minimum absolute atomic E-state index is 0.118. The Morgan fingerprint density at radius 3 is 2.46 bits per heavy atom. The third-order valence-electron chi connectivity index (χ3n) is 4.67. The Morgan fingerprint density at radius 2 is 1.73 bits per heavy atom. The number of aromatic nitrogens is 2. The summed E-state index contributed by atoms with van der Waals surface area (Å²) in [6.07, 6.45) is 6.58. The van der Waals surface area contributed by atoms with Crippen LogP contribution in [0.1, 0.15) is 34.5 Å². The molecule has 1 fully saturated rings. The summed E-state index contributed by atoms with van der Waals surface area (Å²) in [4.78, 5) is 36.7. The van der Waals surface area contributed by atoms with Crippen molar-refractivity contribution in [2.45, 2.75) is 26.2 Å². The van der Waals surface area contributed by atoms with Crippen LogP contribution >= 0.6 is 0 Å². The average molecular weight is 352 g/mol. The Labute approximate surface area is 153 Å². The fraction of sp³-hybridized carbons (Fsp3) is 0.400. The molecular weight excluding hydrogens is 328 g/mol. The van der Waals surface area contributed by atoms with Crippen molar-refractivity contribution in [2.75, 3.05) is 26.2 Å². The molecule has 0 spiro atoms. The molecule has 1 aromatic carbocycles. The minimum atomic E-state index is -0.118. The van der Waals surface area contributed by atoms with Crippen molar-refractivity contribution in [2.24, 2.45) is 0 Å². The molecule has 0 saturated carbocycles. The smallest absolute Gasteiger partial charge is 0.274 e. The van der Waals surface area contributed by atoms with Crippen molar-refractivity contribution in [1.29, 1.82) is 0 Å². The maximum Gasteiger partial charge on any atom is 0.274 e. The molecular formula is C20H24N4O2. The molecule has 0 aliphatic carbocycles. The number of rotatable bonds is 4. The predicted octanol–water partition coefficient (Wildman–Crippen LogP) is 2.09. The van der Waals surface area contributed by atoms with Gasteiger partial charge in [-0.15, -0.1) is 0 Å².